The number of aryl methyl sites for hydroxylation is 1. The van der Waals surface area contributed by atoms with Crippen molar-refractivity contribution < 1.29 is 9.59 Å². The summed E-state index contributed by atoms with van der Waals surface area (Å²) in [6.45, 7) is 1.77. The van der Waals surface area contributed by atoms with Crippen LogP contribution in [0.25, 0.3) is 0 Å². The molecule has 4 N–H and O–H groups in total. The van der Waals surface area contributed by atoms with Gasteiger partial charge in [-0.05, 0) is 29.5 Å². The third-order valence-electron chi connectivity index (χ3n) is 3.62. The van der Waals surface area contributed by atoms with Crippen molar-refractivity contribution in [1.82, 2.24) is 4.90 Å². The Kier molecular flexibility index (Phi) is 4.53. The first kappa shape index (κ1) is 14.3. The first-order valence-corrected chi connectivity index (χ1v) is 6.65. The molecule has 0 saturated heterocycles. The zero-order valence-corrected chi connectivity index (χ0v) is 11.3. The normalized spacial score (nSPS) is 15.9. The van der Waals surface area contributed by atoms with E-state index in [0.717, 1.165) is 24.0 Å². The molecule has 0 fully saturated rings. The van der Waals surface area contributed by atoms with E-state index < -0.39 is 0 Å². The van der Waals surface area contributed by atoms with Gasteiger partial charge in [0.1, 0.15) is 5.70 Å². The smallest absolute Gasteiger partial charge is 0.168 e. The molecule has 1 aliphatic rings. The number of hydrogen-bond acceptors (Lipinski definition) is 5. The van der Waals surface area contributed by atoms with E-state index in [0.29, 0.717) is 32.2 Å². The second-order valence-corrected chi connectivity index (χ2v) is 4.91. The maximum Gasteiger partial charge on any atom is 0.168 e. The van der Waals surface area contributed by atoms with Crippen molar-refractivity contribution in [2.75, 3.05) is 6.54 Å². The lowest BCUT2D eigenvalue weighted by Gasteiger charge is -2.23. The van der Waals surface area contributed by atoms with Crippen LogP contribution in [0.15, 0.2) is 29.6 Å². The van der Waals surface area contributed by atoms with Crippen LogP contribution in [0.4, 0.5) is 0 Å². The Morgan fingerprint density at radius 2 is 2.05 bits per heavy atom. The van der Waals surface area contributed by atoms with Gasteiger partial charge in [0.05, 0.1) is 5.70 Å². The molecule has 1 heterocycles. The topological polar surface area (TPSA) is 89.4 Å². The molecule has 0 bridgehead atoms. The summed E-state index contributed by atoms with van der Waals surface area (Å²) in [5.74, 6) is 0. The molecule has 1 aliphatic heterocycles. The number of hydrogen-bond donors (Lipinski definition) is 2. The van der Waals surface area contributed by atoms with Crippen LogP contribution in [0.3, 0.4) is 0 Å². The Morgan fingerprint density at radius 1 is 1.25 bits per heavy atom. The molecule has 5 nitrogen and oxygen atoms in total. The van der Waals surface area contributed by atoms with Crippen molar-refractivity contribution in [1.29, 1.82) is 0 Å². The second-order valence-electron chi connectivity index (χ2n) is 4.91. The van der Waals surface area contributed by atoms with E-state index in [2.05, 4.69) is 12.1 Å². The van der Waals surface area contributed by atoms with E-state index in [1.165, 1.54) is 5.56 Å². The monoisotopic (exact) mass is 273 g/mol. The zero-order valence-electron chi connectivity index (χ0n) is 11.3. The van der Waals surface area contributed by atoms with E-state index in [-0.39, 0.29) is 11.4 Å². The van der Waals surface area contributed by atoms with Gasteiger partial charge in [-0.25, -0.2) is 0 Å². The summed E-state index contributed by atoms with van der Waals surface area (Å²) in [5.41, 5.74) is 15.0. The van der Waals surface area contributed by atoms with E-state index in [1.807, 2.05) is 11.0 Å². The minimum absolute atomic E-state index is 0.0153. The van der Waals surface area contributed by atoms with Crippen LogP contribution in [-0.4, -0.2) is 24.0 Å². The Morgan fingerprint density at radius 3 is 2.70 bits per heavy atom. The Labute approximate surface area is 118 Å². The summed E-state index contributed by atoms with van der Waals surface area (Å²) in [6.07, 6.45) is 3.04. The molecule has 5 heteroatoms. The molecule has 0 radical (unpaired) electrons. The van der Waals surface area contributed by atoms with Crippen molar-refractivity contribution in [3.63, 3.8) is 0 Å². The molecule has 0 aromatic heterocycles. The third-order valence-corrected chi connectivity index (χ3v) is 3.62. The Balaban J connectivity index is 2.35. The molecule has 20 heavy (non-hydrogen) atoms. The lowest BCUT2D eigenvalue weighted by atomic mass is 10.0. The summed E-state index contributed by atoms with van der Waals surface area (Å²) in [4.78, 5) is 23.9. The Hall–Kier alpha value is -2.14. The maximum atomic E-state index is 11.2. The van der Waals surface area contributed by atoms with Crippen molar-refractivity contribution in [3.8, 4) is 0 Å². The average Bonchev–Trinajstić information content (AvgIpc) is 2.69. The van der Waals surface area contributed by atoms with Gasteiger partial charge in [-0.3, -0.25) is 9.59 Å². The predicted octanol–water partition coefficient (Wildman–Crippen LogP) is 0.462. The summed E-state index contributed by atoms with van der Waals surface area (Å²) in [5, 5.41) is 0. The highest BCUT2D eigenvalue weighted by Gasteiger charge is 2.18. The lowest BCUT2D eigenvalue weighted by molar-refractivity contribution is -0.108. The van der Waals surface area contributed by atoms with Crippen LogP contribution in [0.1, 0.15) is 23.1 Å². The van der Waals surface area contributed by atoms with Crippen molar-refractivity contribution in [3.05, 3.63) is 46.3 Å². The number of nitrogens with zero attached hydrogens (tertiary/aromatic N) is 1. The van der Waals surface area contributed by atoms with Gasteiger partial charge >= 0.3 is 0 Å². The first-order chi connectivity index (χ1) is 9.69. The van der Waals surface area contributed by atoms with Gasteiger partial charge in [0, 0.05) is 19.6 Å². The molecule has 1 aromatic rings. The zero-order chi connectivity index (χ0) is 14.5. The van der Waals surface area contributed by atoms with Gasteiger partial charge in [0.2, 0.25) is 0 Å². The van der Waals surface area contributed by atoms with Gasteiger partial charge in [0.25, 0.3) is 0 Å². The highest BCUT2D eigenvalue weighted by atomic mass is 16.1. The molecule has 1 aromatic carbocycles. The summed E-state index contributed by atoms with van der Waals surface area (Å²) >= 11 is 0. The third kappa shape index (κ3) is 2.88. The number of aldehydes is 2. The molecule has 0 amide bonds. The number of rotatable bonds is 4. The second kappa shape index (κ2) is 6.34. The quantitative estimate of drug-likeness (QED) is 0.614. The van der Waals surface area contributed by atoms with Gasteiger partial charge in [-0.1, -0.05) is 18.2 Å². The average molecular weight is 273 g/mol. The fourth-order valence-electron chi connectivity index (χ4n) is 2.53. The van der Waals surface area contributed by atoms with Crippen LogP contribution in [0.2, 0.25) is 0 Å². The number of nitrogens with two attached hydrogens (primary N) is 2. The fraction of sp³-hybridized carbons (Fsp3) is 0.333. The van der Waals surface area contributed by atoms with Gasteiger partial charge in [0.15, 0.2) is 12.6 Å². The molecule has 0 spiro atoms. The number of carbonyl (C=O) groups is 2. The maximum absolute atomic E-state index is 11.2. The van der Waals surface area contributed by atoms with Crippen molar-refractivity contribution in [2.45, 2.75) is 25.9 Å². The van der Waals surface area contributed by atoms with Crippen LogP contribution in [-0.2, 0) is 29.1 Å². The molecule has 0 unspecified atom stereocenters. The minimum atomic E-state index is -0.0153. The lowest BCUT2D eigenvalue weighted by Crippen LogP contribution is -2.27. The molecular formula is C15H19N3O2. The van der Waals surface area contributed by atoms with Crippen molar-refractivity contribution in [2.24, 2.45) is 11.5 Å². The van der Waals surface area contributed by atoms with Crippen LogP contribution in [0, 0.1) is 0 Å². The highest BCUT2D eigenvalue weighted by molar-refractivity contribution is 5.85. The van der Waals surface area contributed by atoms with Gasteiger partial charge in [-0.15, -0.1) is 0 Å². The highest BCUT2D eigenvalue weighted by Crippen LogP contribution is 2.22. The Bertz CT molecular complexity index is 552. The standard InChI is InChI=1S/C15H19N3O2/c16-7-11-3-4-12-2-1-5-18(8-13(12)6-11)15(10-20)14(17)9-19/h3-4,6,9-10H,1-2,5,7-8,16-17H2/b15-14-. The largest absolute Gasteiger partial charge is 0.394 e. The summed E-state index contributed by atoms with van der Waals surface area (Å²) in [6, 6.07) is 6.19. The van der Waals surface area contributed by atoms with Gasteiger partial charge in [-0.2, -0.15) is 0 Å². The van der Waals surface area contributed by atoms with Crippen LogP contribution < -0.4 is 11.5 Å². The fourth-order valence-corrected chi connectivity index (χ4v) is 2.53. The van der Waals surface area contributed by atoms with E-state index in [1.54, 1.807) is 0 Å². The van der Waals surface area contributed by atoms with E-state index >= 15 is 0 Å². The molecule has 0 saturated carbocycles. The molecule has 2 rings (SSSR count). The molecule has 0 aliphatic carbocycles. The minimum Gasteiger partial charge on any atom is -0.394 e. The number of benzene rings is 1. The molecule has 0 atom stereocenters. The molecular weight excluding hydrogens is 254 g/mol. The van der Waals surface area contributed by atoms with Gasteiger partial charge < -0.3 is 16.4 Å². The predicted molar refractivity (Wildman–Crippen MR) is 76.4 cm³/mol. The van der Waals surface area contributed by atoms with E-state index in [4.69, 9.17) is 11.5 Å². The van der Waals surface area contributed by atoms with E-state index in [9.17, 15) is 9.59 Å². The summed E-state index contributed by atoms with van der Waals surface area (Å²) in [7, 11) is 0. The molecule has 106 valence electrons. The SMILES string of the molecule is NCc1ccc2c(c1)CN(/C(C=O)=C(\N)C=O)CCC2. The first-order valence-electron chi connectivity index (χ1n) is 6.65. The van der Waals surface area contributed by atoms with Crippen molar-refractivity contribution >= 4 is 12.6 Å². The summed E-state index contributed by atoms with van der Waals surface area (Å²) < 4.78 is 0. The van der Waals surface area contributed by atoms with Crippen LogP contribution >= 0.6 is 0 Å². The number of carbonyl (C=O) groups excluding carboxylic acids is 2. The van der Waals surface area contributed by atoms with Crippen LogP contribution in [0.5, 0.6) is 0 Å². The number of fused-ring (bicyclic) bond motifs is 1. The number of allylic oxidation sites excluding steroid dienone is 2.